The van der Waals surface area contributed by atoms with Gasteiger partial charge in [0.2, 0.25) is 0 Å². The first-order chi connectivity index (χ1) is 12.1. The molecule has 134 valence electrons. The molecule has 1 fully saturated rings. The van der Waals surface area contributed by atoms with Crippen molar-refractivity contribution in [1.82, 2.24) is 4.90 Å². The van der Waals surface area contributed by atoms with Gasteiger partial charge in [0.25, 0.3) is 0 Å². The summed E-state index contributed by atoms with van der Waals surface area (Å²) < 4.78 is 5.30. The summed E-state index contributed by atoms with van der Waals surface area (Å²) in [5.41, 5.74) is 16.0. The largest absolute Gasteiger partial charge is 0.497 e. The minimum Gasteiger partial charge on any atom is -0.497 e. The maximum Gasteiger partial charge on any atom is 0.119 e. The van der Waals surface area contributed by atoms with Crippen LogP contribution in [-0.2, 0) is 13.0 Å². The SMILES string of the molecule is COc1ccc(N)c(CCC2(N)CCN(Cc3ccccc3)CC2)c1. The maximum absolute atomic E-state index is 6.68. The van der Waals surface area contributed by atoms with Gasteiger partial charge in [-0.15, -0.1) is 0 Å². The molecular formula is C21H29N3O. The molecule has 0 atom stereocenters. The van der Waals surface area contributed by atoms with Crippen LogP contribution in [0.4, 0.5) is 5.69 Å². The first kappa shape index (κ1) is 17.8. The number of nitrogens with zero attached hydrogens (tertiary/aromatic N) is 1. The zero-order valence-corrected chi connectivity index (χ0v) is 15.1. The molecule has 2 aromatic carbocycles. The maximum atomic E-state index is 6.68. The molecule has 0 aromatic heterocycles. The van der Waals surface area contributed by atoms with Crippen molar-refractivity contribution in [1.29, 1.82) is 0 Å². The zero-order chi connectivity index (χ0) is 17.7. The number of nitrogen functional groups attached to an aromatic ring is 1. The van der Waals surface area contributed by atoms with Crippen LogP contribution in [0.2, 0.25) is 0 Å². The van der Waals surface area contributed by atoms with Gasteiger partial charge >= 0.3 is 0 Å². The van der Waals surface area contributed by atoms with Crippen LogP contribution in [0.5, 0.6) is 5.75 Å². The Morgan fingerprint density at radius 3 is 2.48 bits per heavy atom. The van der Waals surface area contributed by atoms with Crippen molar-refractivity contribution in [2.45, 2.75) is 37.8 Å². The van der Waals surface area contributed by atoms with E-state index in [0.717, 1.165) is 62.3 Å². The standard InChI is InChI=1S/C21H29N3O/c1-25-19-7-8-20(22)18(15-19)9-10-21(23)11-13-24(14-12-21)16-17-5-3-2-4-6-17/h2-8,15H,9-14,16,22-23H2,1H3. The number of methoxy groups -OCH3 is 1. The van der Waals surface area contributed by atoms with Gasteiger partial charge in [-0.2, -0.15) is 0 Å². The lowest BCUT2D eigenvalue weighted by atomic mass is 9.83. The Kier molecular flexibility index (Phi) is 5.61. The van der Waals surface area contributed by atoms with E-state index in [1.165, 1.54) is 5.56 Å². The summed E-state index contributed by atoms with van der Waals surface area (Å²) in [5.74, 6) is 0.855. The van der Waals surface area contributed by atoms with Crippen molar-refractivity contribution in [2.24, 2.45) is 5.73 Å². The van der Waals surface area contributed by atoms with E-state index in [1.54, 1.807) is 7.11 Å². The van der Waals surface area contributed by atoms with Crippen molar-refractivity contribution in [3.63, 3.8) is 0 Å². The second-order valence-corrected chi connectivity index (χ2v) is 7.19. The van der Waals surface area contributed by atoms with Gasteiger partial charge in [-0.1, -0.05) is 30.3 Å². The topological polar surface area (TPSA) is 64.5 Å². The van der Waals surface area contributed by atoms with Gasteiger partial charge in [-0.25, -0.2) is 0 Å². The average molecular weight is 339 g/mol. The van der Waals surface area contributed by atoms with E-state index < -0.39 is 0 Å². The van der Waals surface area contributed by atoms with E-state index in [1.807, 2.05) is 18.2 Å². The van der Waals surface area contributed by atoms with Crippen molar-refractivity contribution >= 4 is 5.69 Å². The fourth-order valence-corrected chi connectivity index (χ4v) is 3.56. The number of piperidine rings is 1. The third kappa shape index (κ3) is 4.74. The number of rotatable bonds is 6. The van der Waals surface area contributed by atoms with Crippen LogP contribution in [0.3, 0.4) is 0 Å². The van der Waals surface area contributed by atoms with E-state index in [4.69, 9.17) is 16.2 Å². The molecule has 0 unspecified atom stereocenters. The molecule has 2 aromatic rings. The molecule has 0 aliphatic carbocycles. The van der Waals surface area contributed by atoms with Gasteiger partial charge in [-0.05, 0) is 55.0 Å². The number of aryl methyl sites for hydroxylation is 1. The molecule has 0 spiro atoms. The van der Waals surface area contributed by atoms with E-state index in [0.29, 0.717) is 0 Å². The van der Waals surface area contributed by atoms with E-state index >= 15 is 0 Å². The van der Waals surface area contributed by atoms with E-state index in [9.17, 15) is 0 Å². The molecule has 1 heterocycles. The summed E-state index contributed by atoms with van der Waals surface area (Å²) in [6.07, 6.45) is 3.93. The average Bonchev–Trinajstić information content (AvgIpc) is 2.64. The quantitative estimate of drug-likeness (QED) is 0.793. The number of nitrogens with two attached hydrogens (primary N) is 2. The summed E-state index contributed by atoms with van der Waals surface area (Å²) in [6.45, 7) is 3.12. The minimum absolute atomic E-state index is 0.0945. The van der Waals surface area contributed by atoms with Gasteiger partial charge in [-0.3, -0.25) is 4.90 Å². The molecule has 4 heteroatoms. The number of hydrogen-bond donors (Lipinski definition) is 2. The number of anilines is 1. The fraction of sp³-hybridized carbons (Fsp3) is 0.429. The smallest absolute Gasteiger partial charge is 0.119 e. The van der Waals surface area contributed by atoms with E-state index in [2.05, 4.69) is 35.2 Å². The number of hydrogen-bond acceptors (Lipinski definition) is 4. The third-order valence-corrected chi connectivity index (χ3v) is 5.34. The Hall–Kier alpha value is -2.04. The molecule has 0 radical (unpaired) electrons. The van der Waals surface area contributed by atoms with E-state index in [-0.39, 0.29) is 5.54 Å². The molecule has 3 rings (SSSR count). The summed E-state index contributed by atoms with van der Waals surface area (Å²) in [5, 5.41) is 0. The van der Waals surface area contributed by atoms with Crippen LogP contribution in [0.25, 0.3) is 0 Å². The highest BCUT2D eigenvalue weighted by molar-refractivity contribution is 5.50. The van der Waals surface area contributed by atoms with Crippen LogP contribution >= 0.6 is 0 Å². The molecule has 25 heavy (non-hydrogen) atoms. The number of ether oxygens (including phenoxy) is 1. The Labute approximate surface area is 150 Å². The highest BCUT2D eigenvalue weighted by Gasteiger charge is 2.30. The molecule has 1 aliphatic rings. The second kappa shape index (κ2) is 7.89. The van der Waals surface area contributed by atoms with Gasteiger partial charge in [0.05, 0.1) is 7.11 Å². The molecule has 0 saturated carbocycles. The Morgan fingerprint density at radius 2 is 1.80 bits per heavy atom. The lowest BCUT2D eigenvalue weighted by Gasteiger charge is -2.39. The van der Waals surface area contributed by atoms with Crippen molar-refractivity contribution in [3.05, 3.63) is 59.7 Å². The predicted octanol–water partition coefficient (Wildman–Crippen LogP) is 3.20. The molecule has 1 aliphatic heterocycles. The molecule has 0 amide bonds. The van der Waals surface area contributed by atoms with Crippen LogP contribution in [0, 0.1) is 0 Å². The normalized spacial score (nSPS) is 17.4. The van der Waals surface area contributed by atoms with Gasteiger partial charge < -0.3 is 16.2 Å². The monoisotopic (exact) mass is 339 g/mol. The first-order valence-electron chi connectivity index (χ1n) is 9.05. The lowest BCUT2D eigenvalue weighted by Crippen LogP contribution is -2.50. The molecular weight excluding hydrogens is 310 g/mol. The highest BCUT2D eigenvalue weighted by atomic mass is 16.5. The molecule has 4 nitrogen and oxygen atoms in total. The zero-order valence-electron chi connectivity index (χ0n) is 15.1. The number of likely N-dealkylation sites (tertiary alicyclic amines) is 1. The Balaban J connectivity index is 1.52. The van der Waals surface area contributed by atoms with Crippen molar-refractivity contribution in [3.8, 4) is 5.75 Å². The third-order valence-electron chi connectivity index (χ3n) is 5.34. The predicted molar refractivity (Wildman–Crippen MR) is 104 cm³/mol. The molecule has 0 bridgehead atoms. The molecule has 1 saturated heterocycles. The summed E-state index contributed by atoms with van der Waals surface area (Å²) in [6, 6.07) is 16.5. The summed E-state index contributed by atoms with van der Waals surface area (Å²) in [7, 11) is 1.68. The van der Waals surface area contributed by atoms with Gasteiger partial charge in [0.1, 0.15) is 5.75 Å². The second-order valence-electron chi connectivity index (χ2n) is 7.19. The van der Waals surface area contributed by atoms with Crippen LogP contribution < -0.4 is 16.2 Å². The fourth-order valence-electron chi connectivity index (χ4n) is 3.56. The van der Waals surface area contributed by atoms with Crippen LogP contribution in [0.1, 0.15) is 30.4 Å². The molecule has 4 N–H and O–H groups in total. The Bertz CT molecular complexity index is 679. The van der Waals surface area contributed by atoms with Crippen LogP contribution in [0.15, 0.2) is 48.5 Å². The van der Waals surface area contributed by atoms with Gasteiger partial charge in [0.15, 0.2) is 0 Å². The van der Waals surface area contributed by atoms with Crippen molar-refractivity contribution < 1.29 is 4.74 Å². The van der Waals surface area contributed by atoms with Crippen LogP contribution in [-0.4, -0.2) is 30.6 Å². The van der Waals surface area contributed by atoms with Gasteiger partial charge in [0, 0.05) is 30.9 Å². The minimum atomic E-state index is -0.0945. The first-order valence-corrected chi connectivity index (χ1v) is 9.05. The highest BCUT2D eigenvalue weighted by Crippen LogP contribution is 2.28. The number of benzene rings is 2. The summed E-state index contributed by atoms with van der Waals surface area (Å²) >= 11 is 0. The Morgan fingerprint density at radius 1 is 1.08 bits per heavy atom. The van der Waals surface area contributed by atoms with Crippen molar-refractivity contribution in [2.75, 3.05) is 25.9 Å². The lowest BCUT2D eigenvalue weighted by molar-refractivity contribution is 0.149. The summed E-state index contributed by atoms with van der Waals surface area (Å²) in [4.78, 5) is 2.50.